The number of primary amides is 2. The van der Waals surface area contributed by atoms with E-state index in [1.54, 1.807) is 9.80 Å². The van der Waals surface area contributed by atoms with Crippen molar-refractivity contribution >= 4 is 114 Å². The minimum atomic E-state index is -3.06. The molecule has 2 atom stereocenters. The van der Waals surface area contributed by atoms with E-state index in [-0.39, 0.29) is 35.7 Å². The monoisotopic (exact) mass is 1500 g/mol. The predicted molar refractivity (Wildman–Crippen MR) is 369 cm³/mol. The minimum absolute atomic E-state index is 0.0767. The quantitative estimate of drug-likeness (QED) is 0.0504. The highest BCUT2D eigenvalue weighted by Crippen LogP contribution is 2.50. The number of halogens is 6. The second-order valence-corrected chi connectivity index (χ2v) is 30.4. The Labute approximate surface area is 572 Å². The van der Waals surface area contributed by atoms with Gasteiger partial charge in [-0.1, -0.05) is 66.9 Å². The van der Waals surface area contributed by atoms with Gasteiger partial charge in [-0.25, -0.2) is 9.59 Å². The van der Waals surface area contributed by atoms with Crippen LogP contribution in [0.1, 0.15) is 166 Å². The summed E-state index contributed by atoms with van der Waals surface area (Å²) in [4.78, 5) is 66.7. The molecule has 0 radical (unpaired) electrons. The van der Waals surface area contributed by atoms with Crippen molar-refractivity contribution in [3.8, 4) is 24.2 Å². The van der Waals surface area contributed by atoms with E-state index in [0.717, 1.165) is 151 Å². The molecule has 4 saturated heterocycles. The smallest absolute Gasteiger partial charge is 0.330 e. The maximum absolute atomic E-state index is 13.3. The summed E-state index contributed by atoms with van der Waals surface area (Å²) in [7, 11) is -3.06. The lowest BCUT2D eigenvalue weighted by molar-refractivity contribution is -0.134. The highest BCUT2D eigenvalue weighted by molar-refractivity contribution is 9.11. The molecule has 6 aliphatic rings. The fourth-order valence-corrected chi connectivity index (χ4v) is 18.3. The molecule has 0 saturated carbocycles. The summed E-state index contributed by atoms with van der Waals surface area (Å²) in [6, 6.07) is 11.8. The zero-order chi connectivity index (χ0) is 64.5. The molecule has 4 aromatic rings. The summed E-state index contributed by atoms with van der Waals surface area (Å²) in [5.41, 5.74) is 21.5. The van der Waals surface area contributed by atoms with Crippen molar-refractivity contribution in [3.63, 3.8) is 0 Å². The number of benzene rings is 2. The molecule has 4 aliphatic heterocycles. The number of nitrogens with zero attached hydrogens (tertiary/aromatic N) is 6. The van der Waals surface area contributed by atoms with Crippen molar-refractivity contribution in [1.82, 2.24) is 29.6 Å². The third-order valence-electron chi connectivity index (χ3n) is 18.4. The van der Waals surface area contributed by atoms with E-state index in [9.17, 15) is 23.7 Å². The Kier molecular flexibility index (Phi) is 27.7. The van der Waals surface area contributed by atoms with Crippen LogP contribution < -0.4 is 11.5 Å². The van der Waals surface area contributed by atoms with Crippen LogP contribution in [0.2, 0.25) is 10.0 Å². The van der Waals surface area contributed by atoms with Crippen LogP contribution >= 0.6 is 90.2 Å². The molecular weight excluding hydrogens is 1420 g/mol. The van der Waals surface area contributed by atoms with Gasteiger partial charge in [0.25, 0.3) is 0 Å². The number of pyridine rings is 2. The van der Waals surface area contributed by atoms with Crippen LogP contribution in [-0.2, 0) is 48.9 Å². The number of fused-ring (bicyclic) bond motifs is 4. The first kappa shape index (κ1) is 71.6. The van der Waals surface area contributed by atoms with Crippen LogP contribution in [0.25, 0.3) is 0 Å². The van der Waals surface area contributed by atoms with Crippen molar-refractivity contribution in [3.05, 3.63) is 123 Å². The Hall–Kier alpha value is -4.20. The molecule has 90 heavy (non-hydrogen) atoms. The lowest BCUT2D eigenvalue weighted by Crippen LogP contribution is -2.44. The molecular formula is C68H85Br3Cl3N8O7P. The van der Waals surface area contributed by atoms with E-state index in [4.69, 9.17) is 71.7 Å². The van der Waals surface area contributed by atoms with Gasteiger partial charge in [0.1, 0.15) is 0 Å². The van der Waals surface area contributed by atoms with Gasteiger partial charge in [0, 0.05) is 137 Å². The van der Waals surface area contributed by atoms with Gasteiger partial charge in [-0.2, -0.15) is 0 Å². The highest BCUT2D eigenvalue weighted by atomic mass is 79.9. The summed E-state index contributed by atoms with van der Waals surface area (Å²) in [6.45, 7) is 9.89. The summed E-state index contributed by atoms with van der Waals surface area (Å²) in [5, 5.41) is 1.46. The summed E-state index contributed by atoms with van der Waals surface area (Å²) in [6.07, 6.45) is 23.7. The second kappa shape index (κ2) is 34.8. The van der Waals surface area contributed by atoms with Crippen molar-refractivity contribution in [2.24, 2.45) is 35.1 Å². The van der Waals surface area contributed by atoms with Gasteiger partial charge in [0.15, 0.2) is 0 Å². The lowest BCUT2D eigenvalue weighted by atomic mass is 9.76. The first-order valence-electron chi connectivity index (χ1n) is 31.9. The number of alkyl halides is 1. The van der Waals surface area contributed by atoms with E-state index >= 15 is 0 Å². The molecule has 4 fully saturated rings. The van der Waals surface area contributed by atoms with Crippen molar-refractivity contribution in [2.45, 2.75) is 141 Å². The lowest BCUT2D eigenvalue weighted by Gasteiger charge is -2.38. The number of carbonyl (C=O) groups is 4. The Morgan fingerprint density at radius 2 is 1.04 bits per heavy atom. The number of amides is 6. The fraction of sp³-hybridized carbons (Fsp3) is 0.559. The number of aryl methyl sites for hydroxylation is 4. The molecule has 2 aliphatic carbocycles. The van der Waals surface area contributed by atoms with Crippen molar-refractivity contribution in [1.29, 1.82) is 0 Å². The molecule has 0 spiro atoms. The number of piperidine rings is 4. The molecule has 4 N–H and O–H groups in total. The van der Waals surface area contributed by atoms with Crippen LogP contribution in [0.3, 0.4) is 0 Å². The first-order chi connectivity index (χ1) is 43.3. The third kappa shape index (κ3) is 19.5. The van der Waals surface area contributed by atoms with Gasteiger partial charge in [0.2, 0.25) is 11.8 Å². The number of aromatic nitrogens is 2. The van der Waals surface area contributed by atoms with E-state index in [1.807, 2.05) is 48.2 Å². The number of urea groups is 2. The van der Waals surface area contributed by atoms with Gasteiger partial charge in [0.05, 0.1) is 30.8 Å². The van der Waals surface area contributed by atoms with Crippen LogP contribution in [0.5, 0.6) is 0 Å². The van der Waals surface area contributed by atoms with Crippen molar-refractivity contribution < 1.29 is 32.8 Å². The Balaban J connectivity index is 0.000000220. The predicted octanol–water partition coefficient (Wildman–Crippen LogP) is 15.1. The summed E-state index contributed by atoms with van der Waals surface area (Å²) in [5.74, 6) is 11.7. The number of likely N-dealkylation sites (tertiary alicyclic amines) is 4. The highest BCUT2D eigenvalue weighted by Gasteiger charge is 2.39. The molecule has 15 nitrogen and oxygen atoms in total. The zero-order valence-electron chi connectivity index (χ0n) is 51.8. The standard InChI is InChI=1S/C36H47BrClN4O5P.C27H31Br2ClN4O2.C5H7Cl/c1-3-46-48(45,47-4-2)19-7-5-6-8-26-20-29-10-9-28-22-30(38)23-31(37)33(28)34(35(29)40-24-26)27-13-17-41(18-14-27)32(43)21-25-11-15-42(16-12-25)36(39)44;28-20-12-19-2-1-18-13-21(30)14-22(29)24(18)25(26(19)32-15-20)17-5-9-33(10-6-17)23(35)11-16-3-7-34(8-4-16)27(31)36;1-2-3-4-5-6/h20,22-25,27,34H,3-5,7,9-19,21H2,1-2H3,(H2,39,44);12-17,25H,1-11H2,(H2,31,36);1H,3-5H2/t34-;25-;/m11./s1. The molecule has 486 valence electrons. The number of unbranched alkanes of at least 4 members (excludes halogenated alkanes) is 2. The second-order valence-electron chi connectivity index (χ2n) is 24.3. The number of carbonyl (C=O) groups excluding carboxylic acids is 4. The summed E-state index contributed by atoms with van der Waals surface area (Å²) < 4.78 is 26.6. The van der Waals surface area contributed by atoms with Gasteiger partial charge in [-0.05, 0) is 213 Å². The topological polar surface area (TPSA) is 195 Å². The number of terminal acetylenes is 1. The fourth-order valence-electron chi connectivity index (χ4n) is 13.8. The average Bonchev–Trinajstić information content (AvgIpc) is 1.50. The van der Waals surface area contributed by atoms with Gasteiger partial charge in [-0.3, -0.25) is 24.1 Å². The van der Waals surface area contributed by atoms with Crippen LogP contribution in [0.4, 0.5) is 9.59 Å². The Morgan fingerprint density at radius 3 is 1.47 bits per heavy atom. The van der Waals surface area contributed by atoms with E-state index in [1.165, 1.54) is 33.4 Å². The van der Waals surface area contributed by atoms with Crippen LogP contribution in [0, 0.1) is 47.9 Å². The molecule has 22 heteroatoms. The zero-order valence-corrected chi connectivity index (χ0v) is 59.7. The molecule has 2 aromatic heterocycles. The number of hydrogen-bond acceptors (Lipinski definition) is 9. The van der Waals surface area contributed by atoms with E-state index in [0.29, 0.717) is 106 Å². The molecule has 6 amide bonds. The molecule has 2 aromatic carbocycles. The largest absolute Gasteiger partial charge is 0.351 e. The van der Waals surface area contributed by atoms with Gasteiger partial charge in [-0.15, -0.1) is 23.9 Å². The normalized spacial score (nSPS) is 18.9. The SMILES string of the molecule is C#CCCCCl.CCOP(=O)(CCCC#Cc1cnc2c(c1)CCc1cc(Cl)cc(Br)c1[C@H]2C1CCN(C(=O)CC2CCN(C(N)=O)CC2)CC1)OCC.NC(=O)N1CCC(CC(=O)N2CCC([C@H]3c4ncc(Br)cc4CCc4cc(Cl)cc(Br)c43)CC2)CC1. The van der Waals surface area contributed by atoms with Gasteiger partial charge >= 0.3 is 19.7 Å². The summed E-state index contributed by atoms with van der Waals surface area (Å²) >= 11 is 29.6. The molecule has 10 rings (SSSR count). The minimum Gasteiger partial charge on any atom is -0.351 e. The Morgan fingerprint density at radius 1 is 0.611 bits per heavy atom. The number of hydrogen-bond donors (Lipinski definition) is 2. The van der Waals surface area contributed by atoms with E-state index in [2.05, 4.69) is 89.8 Å². The van der Waals surface area contributed by atoms with Crippen LogP contribution in [-0.4, -0.2) is 131 Å². The molecule has 0 unspecified atom stereocenters. The van der Waals surface area contributed by atoms with Crippen molar-refractivity contribution in [2.75, 3.05) is 77.6 Å². The molecule has 6 heterocycles. The molecule has 0 bridgehead atoms. The Bertz CT molecular complexity index is 3300. The van der Waals surface area contributed by atoms with Crippen LogP contribution in [0.15, 0.2) is 62.2 Å². The third-order valence-corrected chi connectivity index (χ3v) is 23.1. The maximum Gasteiger partial charge on any atom is 0.330 e. The maximum atomic E-state index is 13.3. The average molecular weight is 1500 g/mol. The van der Waals surface area contributed by atoms with E-state index < -0.39 is 7.60 Å². The number of rotatable bonds is 15. The van der Waals surface area contributed by atoms with Gasteiger partial charge < -0.3 is 40.1 Å². The first-order valence-corrected chi connectivity index (χ1v) is 37.3. The number of nitrogens with two attached hydrogens (primary N) is 2.